The second kappa shape index (κ2) is 9.51. The Morgan fingerprint density at radius 2 is 1.86 bits per heavy atom. The maximum atomic E-state index is 14.0. The van der Waals surface area contributed by atoms with Gasteiger partial charge in [0, 0.05) is 30.5 Å². The number of carbonyl (C=O) groups is 1. The number of alkyl halides is 3. The third-order valence-electron chi connectivity index (χ3n) is 5.47. The number of hydrogen-bond acceptors (Lipinski definition) is 5. The van der Waals surface area contributed by atoms with Gasteiger partial charge in [0.05, 0.1) is 23.6 Å². The van der Waals surface area contributed by atoms with E-state index in [1.54, 1.807) is 18.3 Å². The third kappa shape index (κ3) is 4.91. The first-order valence-corrected chi connectivity index (χ1v) is 10.8. The first-order chi connectivity index (χ1) is 16.6. The first kappa shape index (κ1) is 24.4. The Hall–Kier alpha value is -3.70. The molecule has 1 amide bonds. The summed E-state index contributed by atoms with van der Waals surface area (Å²) in [5.74, 6) is -4.35. The molecule has 4 rings (SSSR count). The van der Waals surface area contributed by atoms with Crippen LogP contribution in [0.25, 0.3) is 22.2 Å². The lowest BCUT2D eigenvalue weighted by Gasteiger charge is -2.34. The van der Waals surface area contributed by atoms with Gasteiger partial charge in [-0.15, -0.1) is 0 Å². The topological polar surface area (TPSA) is 83.2 Å². The highest BCUT2D eigenvalue weighted by atomic mass is 19.4. The molecule has 0 aliphatic rings. The number of rotatable bonds is 8. The minimum Gasteiger partial charge on any atom is -0.329 e. The molecule has 2 heterocycles. The fourth-order valence-corrected chi connectivity index (χ4v) is 3.50. The molecule has 0 aliphatic carbocycles. The third-order valence-corrected chi connectivity index (χ3v) is 5.47. The molecule has 1 atom stereocenters. The second-order valence-electron chi connectivity index (χ2n) is 8.13. The lowest BCUT2D eigenvalue weighted by molar-refractivity contribution is -0.390. The van der Waals surface area contributed by atoms with Gasteiger partial charge in [-0.2, -0.15) is 18.3 Å². The summed E-state index contributed by atoms with van der Waals surface area (Å²) < 4.78 is 55.1. The Morgan fingerprint density at radius 1 is 1.11 bits per heavy atom. The average Bonchev–Trinajstić information content (AvgIpc) is 3.49. The van der Waals surface area contributed by atoms with Crippen molar-refractivity contribution in [1.82, 2.24) is 24.6 Å². The van der Waals surface area contributed by atoms with Gasteiger partial charge in [-0.3, -0.25) is 14.8 Å². The van der Waals surface area contributed by atoms with E-state index in [4.69, 9.17) is 4.74 Å². The number of ether oxygens (including phenoxy) is 2. The fraction of sp³-hybridized carbons (Fsp3) is 0.292. The van der Waals surface area contributed by atoms with Gasteiger partial charge in [0.15, 0.2) is 0 Å². The van der Waals surface area contributed by atoms with Crippen LogP contribution in [0.4, 0.5) is 13.2 Å². The molecule has 0 radical (unpaired) electrons. The van der Waals surface area contributed by atoms with E-state index in [1.165, 1.54) is 35.2 Å². The van der Waals surface area contributed by atoms with Crippen molar-refractivity contribution in [3.8, 4) is 11.1 Å². The van der Waals surface area contributed by atoms with Gasteiger partial charge in [-0.25, -0.2) is 4.98 Å². The molecule has 2 aromatic carbocycles. The summed E-state index contributed by atoms with van der Waals surface area (Å²) >= 11 is 0. The maximum Gasteiger partial charge on any atom is 0.465 e. The number of methoxy groups -OCH3 is 1. The van der Waals surface area contributed by atoms with Gasteiger partial charge >= 0.3 is 12.1 Å². The summed E-state index contributed by atoms with van der Waals surface area (Å²) in [6.45, 7) is 3.46. The van der Waals surface area contributed by atoms with E-state index >= 15 is 0 Å². The minimum absolute atomic E-state index is 0.0307. The quantitative estimate of drug-likeness (QED) is 0.363. The zero-order valence-electron chi connectivity index (χ0n) is 19.3. The van der Waals surface area contributed by atoms with E-state index in [0.29, 0.717) is 11.0 Å². The van der Waals surface area contributed by atoms with E-state index in [9.17, 15) is 18.0 Å². The number of fused-ring (bicyclic) bond motifs is 1. The first-order valence-electron chi connectivity index (χ1n) is 10.8. The highest BCUT2D eigenvalue weighted by Crippen LogP contribution is 2.33. The van der Waals surface area contributed by atoms with Crippen LogP contribution in [0.3, 0.4) is 0 Å². The van der Waals surface area contributed by atoms with Crippen LogP contribution in [-0.2, 0) is 16.2 Å². The summed E-state index contributed by atoms with van der Waals surface area (Å²) in [6.07, 6.45) is -0.0430. The number of imidazole rings is 1. The summed E-state index contributed by atoms with van der Waals surface area (Å²) in [5.41, 5.74) is 2.90. The van der Waals surface area contributed by atoms with Crippen molar-refractivity contribution in [2.75, 3.05) is 7.11 Å². The number of nitrogens with zero attached hydrogens (tertiary/aromatic N) is 4. The largest absolute Gasteiger partial charge is 0.465 e. The molecule has 1 unspecified atom stereocenters. The number of carbonyl (C=O) groups excluding carboxylic acids is 1. The van der Waals surface area contributed by atoms with Gasteiger partial charge in [-0.05, 0) is 43.7 Å². The number of nitrogens with one attached hydrogen (secondary N) is 1. The molecule has 0 saturated heterocycles. The van der Waals surface area contributed by atoms with Crippen LogP contribution in [-0.4, -0.2) is 44.4 Å². The van der Waals surface area contributed by atoms with Crippen LogP contribution in [0.15, 0.2) is 67.3 Å². The fourth-order valence-electron chi connectivity index (χ4n) is 3.50. The van der Waals surface area contributed by atoms with Crippen molar-refractivity contribution in [3.05, 3.63) is 72.8 Å². The van der Waals surface area contributed by atoms with Crippen molar-refractivity contribution >= 4 is 16.9 Å². The van der Waals surface area contributed by atoms with Gasteiger partial charge in [0.1, 0.15) is 6.73 Å². The molecule has 0 aliphatic heterocycles. The molecule has 8 nitrogen and oxygen atoms in total. The van der Waals surface area contributed by atoms with Gasteiger partial charge in [0.2, 0.25) is 0 Å². The zero-order valence-corrected chi connectivity index (χ0v) is 19.3. The van der Waals surface area contributed by atoms with Crippen LogP contribution < -0.4 is 5.32 Å². The van der Waals surface area contributed by atoms with Crippen LogP contribution in [0.2, 0.25) is 0 Å². The number of benzene rings is 2. The van der Waals surface area contributed by atoms with Crippen LogP contribution in [0, 0.1) is 0 Å². The number of aromatic nitrogens is 4. The highest BCUT2D eigenvalue weighted by molar-refractivity contribution is 5.94. The predicted molar refractivity (Wildman–Crippen MR) is 122 cm³/mol. The lowest BCUT2D eigenvalue weighted by Crippen LogP contribution is -2.62. The van der Waals surface area contributed by atoms with Crippen molar-refractivity contribution in [3.63, 3.8) is 0 Å². The summed E-state index contributed by atoms with van der Waals surface area (Å²) in [6, 6.07) is 13.1. The van der Waals surface area contributed by atoms with E-state index in [2.05, 4.69) is 14.8 Å². The molecular weight excluding hydrogens is 463 g/mol. The second-order valence-corrected chi connectivity index (χ2v) is 8.13. The molecule has 35 heavy (non-hydrogen) atoms. The maximum absolute atomic E-state index is 14.0. The monoisotopic (exact) mass is 487 g/mol. The molecule has 11 heteroatoms. The minimum atomic E-state index is -5.06. The van der Waals surface area contributed by atoms with Crippen molar-refractivity contribution < 1.29 is 27.4 Å². The molecule has 2 aromatic heterocycles. The van der Waals surface area contributed by atoms with Gasteiger partial charge < -0.3 is 14.0 Å². The summed E-state index contributed by atoms with van der Waals surface area (Å²) in [4.78, 5) is 16.7. The lowest BCUT2D eigenvalue weighted by atomic mass is 10.1. The van der Waals surface area contributed by atoms with E-state index in [0.717, 1.165) is 18.2 Å². The Balaban J connectivity index is 1.57. The molecular formula is C24H24F3N5O3. The SMILES string of the molecule is COC(NC(=O)c1ccccc1)(OCn1cnc2cc(-c3cnn(C(C)C)c3)ccc21)C(F)(F)F. The van der Waals surface area contributed by atoms with Crippen molar-refractivity contribution in [2.45, 2.75) is 38.7 Å². The smallest absolute Gasteiger partial charge is 0.329 e. The molecule has 184 valence electrons. The predicted octanol–water partition coefficient (Wildman–Crippen LogP) is 4.75. The van der Waals surface area contributed by atoms with Crippen LogP contribution >= 0.6 is 0 Å². The summed E-state index contributed by atoms with van der Waals surface area (Å²) in [7, 11) is 0.814. The molecule has 0 saturated carbocycles. The number of hydrogen-bond donors (Lipinski definition) is 1. The molecule has 1 N–H and O–H groups in total. The molecule has 4 aromatic rings. The Kier molecular flexibility index (Phi) is 6.64. The molecule has 0 fully saturated rings. The van der Waals surface area contributed by atoms with E-state index in [-0.39, 0.29) is 11.6 Å². The Morgan fingerprint density at radius 3 is 2.49 bits per heavy atom. The van der Waals surface area contributed by atoms with Crippen LogP contribution in [0.5, 0.6) is 0 Å². The normalized spacial score (nSPS) is 13.8. The van der Waals surface area contributed by atoms with Gasteiger partial charge in [0.25, 0.3) is 5.91 Å². The Bertz CT molecular complexity index is 1320. The number of amides is 1. The van der Waals surface area contributed by atoms with E-state index in [1.807, 2.05) is 42.2 Å². The Labute approximate surface area is 199 Å². The van der Waals surface area contributed by atoms with Gasteiger partial charge in [-0.1, -0.05) is 24.3 Å². The van der Waals surface area contributed by atoms with Crippen LogP contribution in [0.1, 0.15) is 30.2 Å². The molecule has 0 spiro atoms. The van der Waals surface area contributed by atoms with Crippen molar-refractivity contribution in [1.29, 1.82) is 0 Å². The number of halogens is 3. The van der Waals surface area contributed by atoms with E-state index < -0.39 is 24.7 Å². The zero-order chi connectivity index (χ0) is 25.2. The molecule has 0 bridgehead atoms. The summed E-state index contributed by atoms with van der Waals surface area (Å²) in [5, 5.41) is 6.17. The highest BCUT2D eigenvalue weighted by Gasteiger charge is 2.59. The van der Waals surface area contributed by atoms with Crippen molar-refractivity contribution in [2.24, 2.45) is 0 Å². The standard InChI is InChI=1S/C24H24F3N5O3/c1-16(2)32-13-19(12-29-32)18-9-10-21-20(11-18)28-14-31(21)15-35-24(34-3,23(25,26)27)30-22(33)17-7-5-4-6-8-17/h4-14,16H,15H2,1-3H3,(H,30,33). The average molecular weight is 487 g/mol.